The van der Waals surface area contributed by atoms with Crippen molar-refractivity contribution in [1.29, 1.82) is 0 Å². The van der Waals surface area contributed by atoms with Crippen molar-refractivity contribution in [3.05, 3.63) is 53.2 Å². The van der Waals surface area contributed by atoms with Gasteiger partial charge in [0.25, 0.3) is 0 Å². The summed E-state index contributed by atoms with van der Waals surface area (Å²) in [5, 5.41) is 3.00. The minimum atomic E-state index is -4.67. The van der Waals surface area contributed by atoms with E-state index in [4.69, 9.17) is 9.47 Å². The first kappa shape index (κ1) is 26.4. The first-order chi connectivity index (χ1) is 15.9. The first-order valence-corrected chi connectivity index (χ1v) is 12.7. The first-order valence-electron chi connectivity index (χ1n) is 11.2. The number of hydrogen-bond donors (Lipinski definition) is 1. The molecule has 0 spiro atoms. The van der Waals surface area contributed by atoms with Crippen molar-refractivity contribution < 1.29 is 31.1 Å². The van der Waals surface area contributed by atoms with Crippen LogP contribution in [-0.4, -0.2) is 38.9 Å². The molecular formula is C24H31F3N2O4S. The van der Waals surface area contributed by atoms with Gasteiger partial charge in [-0.1, -0.05) is 13.3 Å². The summed E-state index contributed by atoms with van der Waals surface area (Å²) in [6, 6.07) is 6.19. The predicted octanol–water partition coefficient (Wildman–Crippen LogP) is 5.25. The average Bonchev–Trinajstić information content (AvgIpc) is 2.81. The molecule has 3 atom stereocenters. The smallest absolute Gasteiger partial charge is 0.416 e. The summed E-state index contributed by atoms with van der Waals surface area (Å²) in [6.07, 6.45) is -2.08. The molecule has 2 aromatic rings. The Morgan fingerprint density at radius 1 is 1.29 bits per heavy atom. The molecule has 3 unspecified atom stereocenters. The van der Waals surface area contributed by atoms with Gasteiger partial charge in [0.15, 0.2) is 9.84 Å². The van der Waals surface area contributed by atoms with Crippen molar-refractivity contribution >= 4 is 9.84 Å². The van der Waals surface area contributed by atoms with Crippen LogP contribution in [0.15, 0.2) is 41.4 Å². The van der Waals surface area contributed by atoms with Crippen LogP contribution in [0, 0.1) is 0 Å². The molecule has 1 aliphatic rings. The third-order valence-electron chi connectivity index (χ3n) is 6.45. The van der Waals surface area contributed by atoms with Gasteiger partial charge < -0.3 is 14.8 Å². The van der Waals surface area contributed by atoms with Crippen LogP contribution in [0.25, 0.3) is 0 Å². The number of pyridine rings is 1. The van der Waals surface area contributed by atoms with Gasteiger partial charge in [-0.15, -0.1) is 0 Å². The van der Waals surface area contributed by atoms with Gasteiger partial charge in [-0.05, 0) is 68.6 Å². The third kappa shape index (κ3) is 5.39. The molecule has 0 amide bonds. The van der Waals surface area contributed by atoms with E-state index in [1.54, 1.807) is 32.3 Å². The van der Waals surface area contributed by atoms with Gasteiger partial charge in [0.1, 0.15) is 0 Å². The summed E-state index contributed by atoms with van der Waals surface area (Å²) in [6.45, 7) is 3.66. The highest BCUT2D eigenvalue weighted by molar-refractivity contribution is 7.92. The van der Waals surface area contributed by atoms with Gasteiger partial charge in [0.2, 0.25) is 5.88 Å². The Labute approximate surface area is 198 Å². The number of ether oxygens (including phenoxy) is 2. The second kappa shape index (κ2) is 10.2. The molecule has 1 saturated heterocycles. The van der Waals surface area contributed by atoms with Gasteiger partial charge >= 0.3 is 6.18 Å². The van der Waals surface area contributed by atoms with Crippen LogP contribution < -0.4 is 10.1 Å². The average molecular weight is 501 g/mol. The molecule has 1 N–H and O–H groups in total. The maximum atomic E-state index is 13.8. The van der Waals surface area contributed by atoms with Gasteiger partial charge in [-0.25, -0.2) is 13.4 Å². The van der Waals surface area contributed by atoms with Crippen molar-refractivity contribution in [3.8, 4) is 5.88 Å². The zero-order chi connectivity index (χ0) is 25.1. The minimum absolute atomic E-state index is 0.0966. The highest BCUT2D eigenvalue weighted by Gasteiger charge is 2.46. The number of sulfone groups is 1. The van der Waals surface area contributed by atoms with Crippen LogP contribution in [0.3, 0.4) is 0 Å². The Bertz CT molecular complexity index is 1090. The highest BCUT2D eigenvalue weighted by Crippen LogP contribution is 2.43. The molecule has 3 rings (SSSR count). The Kier molecular flexibility index (Phi) is 7.94. The predicted molar refractivity (Wildman–Crippen MR) is 122 cm³/mol. The van der Waals surface area contributed by atoms with Crippen LogP contribution in [0.5, 0.6) is 5.88 Å². The molecule has 0 radical (unpaired) electrons. The zero-order valence-electron chi connectivity index (χ0n) is 19.8. The number of halogens is 3. The number of nitrogens with zero attached hydrogens (tertiary/aromatic N) is 1. The molecule has 0 bridgehead atoms. The van der Waals surface area contributed by atoms with Crippen molar-refractivity contribution in [2.24, 2.45) is 0 Å². The lowest BCUT2D eigenvalue weighted by molar-refractivity contribution is -0.137. The summed E-state index contributed by atoms with van der Waals surface area (Å²) in [5.74, 6) is 0.414. The van der Waals surface area contributed by atoms with Gasteiger partial charge in [-0.2, -0.15) is 13.2 Å². The largest absolute Gasteiger partial charge is 0.481 e. The van der Waals surface area contributed by atoms with Gasteiger partial charge in [0, 0.05) is 24.9 Å². The van der Waals surface area contributed by atoms with E-state index in [9.17, 15) is 21.6 Å². The summed E-state index contributed by atoms with van der Waals surface area (Å²) >= 11 is 0. The summed E-state index contributed by atoms with van der Waals surface area (Å²) < 4.78 is 78.3. The summed E-state index contributed by atoms with van der Waals surface area (Å²) in [5.41, 5.74) is 0.0284. The molecule has 1 fully saturated rings. The van der Waals surface area contributed by atoms with Crippen molar-refractivity contribution in [3.63, 3.8) is 0 Å². The number of benzene rings is 1. The van der Waals surface area contributed by atoms with Crippen LogP contribution in [0.2, 0.25) is 0 Å². The van der Waals surface area contributed by atoms with E-state index in [0.29, 0.717) is 23.4 Å². The van der Waals surface area contributed by atoms with Crippen molar-refractivity contribution in [1.82, 2.24) is 10.3 Å². The van der Waals surface area contributed by atoms with E-state index in [-0.39, 0.29) is 30.4 Å². The number of nitrogens with one attached hydrogen (secondary N) is 1. The number of aromatic nitrogens is 1. The van der Waals surface area contributed by atoms with E-state index in [1.165, 1.54) is 13.2 Å². The van der Waals surface area contributed by atoms with E-state index < -0.39 is 32.4 Å². The fourth-order valence-electron chi connectivity index (χ4n) is 4.32. The topological polar surface area (TPSA) is 77.5 Å². The quantitative estimate of drug-likeness (QED) is 0.533. The number of alkyl halides is 3. The number of rotatable bonds is 8. The lowest BCUT2D eigenvalue weighted by Gasteiger charge is -2.38. The molecule has 0 saturated carbocycles. The third-order valence-corrected chi connectivity index (χ3v) is 8.98. The second-order valence-electron chi connectivity index (χ2n) is 8.82. The summed E-state index contributed by atoms with van der Waals surface area (Å²) in [7, 11) is -0.984. The summed E-state index contributed by atoms with van der Waals surface area (Å²) in [4.78, 5) is 3.84. The lowest BCUT2D eigenvalue weighted by Crippen LogP contribution is -2.42. The van der Waals surface area contributed by atoms with E-state index in [1.807, 2.05) is 6.92 Å². The van der Waals surface area contributed by atoms with Crippen molar-refractivity contribution in [2.75, 3.05) is 20.8 Å². The number of methoxy groups -OCH3 is 1. The Morgan fingerprint density at radius 2 is 2.03 bits per heavy atom. The zero-order valence-corrected chi connectivity index (χ0v) is 20.6. The normalized spacial score (nSPS) is 22.4. The Hall–Kier alpha value is -2.17. The molecular weight excluding hydrogens is 469 g/mol. The van der Waals surface area contributed by atoms with E-state index in [2.05, 4.69) is 10.3 Å². The standard InChI is InChI=1S/C24H31F3N2O4S/c1-5-6-20(28-3)17-11-18(24(25,26)27)13-19(12-17)34(30,31)23(2)9-10-33-21(14-23)16-7-8-22(32-4)29-15-16/h7-8,11-13,15,20-21,28H,5-6,9-10,14H2,1-4H3. The maximum Gasteiger partial charge on any atom is 0.416 e. The molecule has 1 aromatic heterocycles. The molecule has 34 heavy (non-hydrogen) atoms. The molecule has 10 heteroatoms. The van der Waals surface area contributed by atoms with Crippen LogP contribution in [0.4, 0.5) is 13.2 Å². The number of hydrogen-bond acceptors (Lipinski definition) is 6. The SMILES string of the molecule is CCCC(NC)c1cc(C(F)(F)F)cc(S(=O)(=O)C2(C)CCOC(c3ccc(OC)nc3)C2)c1. The molecule has 0 aliphatic carbocycles. The van der Waals surface area contributed by atoms with Crippen LogP contribution in [0.1, 0.15) is 68.4 Å². The molecule has 188 valence electrons. The Morgan fingerprint density at radius 3 is 2.59 bits per heavy atom. The monoisotopic (exact) mass is 500 g/mol. The van der Waals surface area contributed by atoms with Crippen molar-refractivity contribution in [2.45, 2.75) is 67.5 Å². The fourth-order valence-corrected chi connectivity index (χ4v) is 6.19. The van der Waals surface area contributed by atoms with E-state index in [0.717, 1.165) is 18.6 Å². The van der Waals surface area contributed by atoms with Crippen LogP contribution in [-0.2, 0) is 20.8 Å². The minimum Gasteiger partial charge on any atom is -0.481 e. The molecule has 1 aliphatic heterocycles. The van der Waals surface area contributed by atoms with Crippen LogP contribution >= 0.6 is 0 Å². The van der Waals surface area contributed by atoms with E-state index >= 15 is 0 Å². The molecule has 2 heterocycles. The lowest BCUT2D eigenvalue weighted by atomic mass is 9.93. The fraction of sp³-hybridized carbons (Fsp3) is 0.542. The van der Waals surface area contributed by atoms with Gasteiger partial charge in [-0.3, -0.25) is 0 Å². The van der Waals surface area contributed by atoms with Gasteiger partial charge in [0.05, 0.1) is 28.4 Å². The second-order valence-corrected chi connectivity index (χ2v) is 11.3. The molecule has 6 nitrogen and oxygen atoms in total. The molecule has 1 aromatic carbocycles. The Balaban J connectivity index is 2.03. The maximum absolute atomic E-state index is 13.8. The highest BCUT2D eigenvalue weighted by atomic mass is 32.2.